The molecule has 4 rings (SSSR count). The first-order valence-electron chi connectivity index (χ1n) is 9.70. The van der Waals surface area contributed by atoms with E-state index in [9.17, 15) is 23.1 Å². The number of nitrogens with zero attached hydrogens (tertiary/aromatic N) is 2. The third-order valence-corrected chi connectivity index (χ3v) is 5.27. The highest BCUT2D eigenvalue weighted by Crippen LogP contribution is 2.49. The summed E-state index contributed by atoms with van der Waals surface area (Å²) >= 11 is 0. The fourth-order valence-electron chi connectivity index (χ4n) is 3.86. The second-order valence-corrected chi connectivity index (χ2v) is 7.20. The van der Waals surface area contributed by atoms with Crippen molar-refractivity contribution in [3.05, 3.63) is 72.3 Å². The number of halogens is 3. The Morgan fingerprint density at radius 2 is 1.77 bits per heavy atom. The van der Waals surface area contributed by atoms with Crippen LogP contribution in [0.25, 0.3) is 11.3 Å². The van der Waals surface area contributed by atoms with Gasteiger partial charge in [0.15, 0.2) is 0 Å². The Kier molecular flexibility index (Phi) is 5.22. The van der Waals surface area contributed by atoms with Crippen LogP contribution in [0.1, 0.15) is 18.5 Å². The Balaban J connectivity index is 1.95. The Hall–Kier alpha value is -3.33. The summed E-state index contributed by atoms with van der Waals surface area (Å²) in [5.74, 6) is -3.26. The minimum Gasteiger partial charge on any atom is -0.466 e. The molecule has 3 aromatic rings. The average molecular weight is 431 g/mol. The fourth-order valence-corrected chi connectivity index (χ4v) is 3.86. The number of ether oxygens (including phenoxy) is 1. The predicted octanol–water partition coefficient (Wildman–Crippen LogP) is 4.00. The first kappa shape index (κ1) is 20.9. The lowest BCUT2D eigenvalue weighted by Gasteiger charge is -2.44. The second-order valence-electron chi connectivity index (χ2n) is 7.20. The highest BCUT2D eigenvalue weighted by Gasteiger charge is 2.67. The number of aromatic nitrogens is 2. The average Bonchev–Trinajstić information content (AvgIpc) is 3.16. The molecule has 1 aromatic heterocycles. The Labute approximate surface area is 176 Å². The van der Waals surface area contributed by atoms with Crippen LogP contribution < -0.4 is 5.32 Å². The van der Waals surface area contributed by atoms with Crippen molar-refractivity contribution in [3.8, 4) is 11.3 Å². The molecule has 31 heavy (non-hydrogen) atoms. The van der Waals surface area contributed by atoms with Gasteiger partial charge in [-0.2, -0.15) is 18.3 Å². The van der Waals surface area contributed by atoms with Gasteiger partial charge >= 0.3 is 12.1 Å². The topological polar surface area (TPSA) is 76.4 Å². The molecular weight excluding hydrogens is 411 g/mol. The Morgan fingerprint density at radius 3 is 2.35 bits per heavy atom. The van der Waals surface area contributed by atoms with Crippen molar-refractivity contribution in [2.75, 3.05) is 11.9 Å². The van der Waals surface area contributed by atoms with Crippen molar-refractivity contribution in [2.24, 2.45) is 5.92 Å². The first-order chi connectivity index (χ1) is 14.8. The summed E-state index contributed by atoms with van der Waals surface area (Å²) in [4.78, 5) is 12.8. The van der Waals surface area contributed by atoms with Gasteiger partial charge in [-0.3, -0.25) is 4.79 Å². The maximum atomic E-state index is 14.1. The lowest BCUT2D eigenvalue weighted by molar-refractivity contribution is -0.274. The summed E-state index contributed by atoms with van der Waals surface area (Å²) in [6, 6.07) is 17.3. The van der Waals surface area contributed by atoms with Crippen molar-refractivity contribution < 1.29 is 27.8 Å². The van der Waals surface area contributed by atoms with E-state index in [0.717, 1.165) is 0 Å². The molecule has 2 N–H and O–H groups in total. The monoisotopic (exact) mass is 431 g/mol. The van der Waals surface area contributed by atoms with Gasteiger partial charge in [-0.05, 0) is 12.5 Å². The van der Waals surface area contributed by atoms with E-state index in [-0.39, 0.29) is 12.4 Å². The number of aliphatic hydroxyl groups is 1. The van der Waals surface area contributed by atoms with Gasteiger partial charge in [0.2, 0.25) is 0 Å². The quantitative estimate of drug-likeness (QED) is 0.611. The molecule has 0 saturated carbocycles. The summed E-state index contributed by atoms with van der Waals surface area (Å²) < 4.78 is 48.7. The molecular formula is C22H20F3N3O3. The van der Waals surface area contributed by atoms with Crippen LogP contribution in [0.15, 0.2) is 66.7 Å². The van der Waals surface area contributed by atoms with E-state index in [0.29, 0.717) is 16.8 Å². The van der Waals surface area contributed by atoms with Gasteiger partial charge in [0, 0.05) is 11.6 Å². The molecule has 3 atom stereocenters. The van der Waals surface area contributed by atoms with Gasteiger partial charge in [0.1, 0.15) is 11.7 Å². The number of alkyl halides is 3. The molecule has 3 unspecified atom stereocenters. The van der Waals surface area contributed by atoms with E-state index in [2.05, 4.69) is 10.4 Å². The predicted molar refractivity (Wildman–Crippen MR) is 107 cm³/mol. The van der Waals surface area contributed by atoms with Crippen LogP contribution in [0.2, 0.25) is 0 Å². The molecule has 0 radical (unpaired) electrons. The summed E-state index contributed by atoms with van der Waals surface area (Å²) in [5.41, 5.74) is -2.09. The second kappa shape index (κ2) is 7.73. The number of nitrogens with one attached hydrogen (secondary N) is 1. The third-order valence-electron chi connectivity index (χ3n) is 5.27. The lowest BCUT2D eigenvalue weighted by Crippen LogP contribution is -2.64. The highest BCUT2D eigenvalue weighted by atomic mass is 19.4. The number of carbonyl (C=O) groups is 1. The zero-order valence-electron chi connectivity index (χ0n) is 16.5. The van der Waals surface area contributed by atoms with Gasteiger partial charge in [-0.1, -0.05) is 60.7 Å². The molecule has 0 aliphatic carbocycles. The van der Waals surface area contributed by atoms with Gasteiger partial charge < -0.3 is 15.2 Å². The van der Waals surface area contributed by atoms with Crippen LogP contribution in [-0.2, 0) is 9.53 Å². The first-order valence-corrected chi connectivity index (χ1v) is 9.70. The number of fused-ring (bicyclic) bond motifs is 1. The fraction of sp³-hybridized carbons (Fsp3) is 0.273. The Bertz CT molecular complexity index is 1070. The minimum atomic E-state index is -5.17. The number of anilines is 1. The van der Waals surface area contributed by atoms with E-state index >= 15 is 0 Å². The summed E-state index contributed by atoms with van der Waals surface area (Å²) in [6.45, 7) is 1.36. The van der Waals surface area contributed by atoms with Crippen LogP contribution in [0.4, 0.5) is 19.0 Å². The summed E-state index contributed by atoms with van der Waals surface area (Å²) in [7, 11) is 0. The van der Waals surface area contributed by atoms with Crippen molar-refractivity contribution in [1.29, 1.82) is 0 Å². The maximum absolute atomic E-state index is 14.1. The summed E-state index contributed by atoms with van der Waals surface area (Å²) in [6.07, 6.45) is -5.17. The third kappa shape index (κ3) is 3.54. The van der Waals surface area contributed by atoms with Crippen LogP contribution in [-0.4, -0.2) is 39.4 Å². The molecule has 0 saturated heterocycles. The standard InChI is InChI=1S/C22H20F3N3O3/c1-2-31-20(29)18-19(15-11-7-4-8-12-15)28-17(26-21(18,30)22(23,24)25)13-16(27-28)14-9-5-3-6-10-14/h3-13,18-19,26,30H,2H2,1H3. The largest absolute Gasteiger partial charge is 0.466 e. The van der Waals surface area contributed by atoms with Crippen LogP contribution in [0.5, 0.6) is 0 Å². The van der Waals surface area contributed by atoms with Gasteiger partial charge in [0.25, 0.3) is 5.72 Å². The molecule has 162 valence electrons. The molecule has 1 aliphatic rings. The Morgan fingerprint density at radius 1 is 1.16 bits per heavy atom. The van der Waals surface area contributed by atoms with E-state index in [4.69, 9.17) is 4.74 Å². The molecule has 2 heterocycles. The lowest BCUT2D eigenvalue weighted by atomic mass is 9.82. The molecule has 0 amide bonds. The minimum absolute atomic E-state index is 0.0620. The number of hydrogen-bond acceptors (Lipinski definition) is 5. The molecule has 0 fully saturated rings. The van der Waals surface area contributed by atoms with Crippen molar-refractivity contribution in [2.45, 2.75) is 24.9 Å². The van der Waals surface area contributed by atoms with Crippen molar-refractivity contribution in [3.63, 3.8) is 0 Å². The van der Waals surface area contributed by atoms with Crippen molar-refractivity contribution >= 4 is 11.8 Å². The normalized spacial score (nSPS) is 23.0. The number of rotatable bonds is 4. The van der Waals surface area contributed by atoms with E-state index in [1.54, 1.807) is 54.6 Å². The molecule has 9 heteroatoms. The molecule has 2 aromatic carbocycles. The molecule has 1 aliphatic heterocycles. The smallest absolute Gasteiger partial charge is 0.437 e. The van der Waals surface area contributed by atoms with Crippen LogP contribution in [0, 0.1) is 5.92 Å². The van der Waals surface area contributed by atoms with Crippen LogP contribution >= 0.6 is 0 Å². The van der Waals surface area contributed by atoms with Gasteiger partial charge in [-0.15, -0.1) is 0 Å². The molecule has 0 spiro atoms. The SMILES string of the molecule is CCOC(=O)C1C(c2ccccc2)n2nc(-c3ccccc3)cc2NC1(O)C(F)(F)F. The van der Waals surface area contributed by atoms with Gasteiger partial charge in [-0.25, -0.2) is 4.68 Å². The van der Waals surface area contributed by atoms with E-state index < -0.39 is 29.8 Å². The van der Waals surface area contributed by atoms with Gasteiger partial charge in [0.05, 0.1) is 18.3 Å². The number of hydrogen-bond donors (Lipinski definition) is 2. The van der Waals surface area contributed by atoms with Crippen molar-refractivity contribution in [1.82, 2.24) is 9.78 Å². The van der Waals surface area contributed by atoms with E-state index in [1.807, 2.05) is 6.07 Å². The maximum Gasteiger partial charge on any atom is 0.437 e. The summed E-state index contributed by atoms with van der Waals surface area (Å²) in [5, 5.41) is 17.5. The number of benzene rings is 2. The van der Waals surface area contributed by atoms with E-state index in [1.165, 1.54) is 17.7 Å². The molecule has 6 nitrogen and oxygen atoms in total. The zero-order valence-corrected chi connectivity index (χ0v) is 16.5. The van der Waals surface area contributed by atoms with Crippen LogP contribution in [0.3, 0.4) is 0 Å². The zero-order chi connectivity index (χ0) is 22.2. The number of esters is 1. The molecule has 0 bridgehead atoms. The highest BCUT2D eigenvalue weighted by molar-refractivity contribution is 5.78. The number of carbonyl (C=O) groups excluding carboxylic acids is 1.